The van der Waals surface area contributed by atoms with E-state index in [2.05, 4.69) is 19.2 Å². The normalized spacial score (nSPS) is 28.9. The minimum Gasteiger partial charge on any atom is -0.314 e. The van der Waals surface area contributed by atoms with Gasteiger partial charge in [0.25, 0.3) is 0 Å². The van der Waals surface area contributed by atoms with Crippen molar-refractivity contribution in [2.24, 2.45) is 11.8 Å². The van der Waals surface area contributed by atoms with Crippen molar-refractivity contribution in [1.82, 2.24) is 10.2 Å². The van der Waals surface area contributed by atoms with E-state index in [0.29, 0.717) is 12.6 Å². The van der Waals surface area contributed by atoms with E-state index in [9.17, 15) is 9.59 Å². The summed E-state index contributed by atoms with van der Waals surface area (Å²) in [5.41, 5.74) is 0. The maximum absolute atomic E-state index is 11.6. The van der Waals surface area contributed by atoms with E-state index in [4.69, 9.17) is 0 Å². The number of piperidine rings is 1. The second-order valence-corrected chi connectivity index (χ2v) is 4.74. The standard InChI is InChI=1S/C11H18N2O2/c1-7(2)12-4-3-5-13-10(14)8-6-9(8)11(13)15/h7-9,12H,3-6H2,1-2H3. The largest absolute Gasteiger partial charge is 0.314 e. The van der Waals surface area contributed by atoms with Gasteiger partial charge in [-0.3, -0.25) is 14.5 Å². The summed E-state index contributed by atoms with van der Waals surface area (Å²) < 4.78 is 0. The summed E-state index contributed by atoms with van der Waals surface area (Å²) in [5, 5.41) is 3.27. The van der Waals surface area contributed by atoms with Crippen LogP contribution in [0.4, 0.5) is 0 Å². The summed E-state index contributed by atoms with van der Waals surface area (Å²) in [5.74, 6) is 0.232. The van der Waals surface area contributed by atoms with E-state index in [1.807, 2.05) is 0 Å². The molecule has 1 saturated heterocycles. The lowest BCUT2D eigenvalue weighted by Gasteiger charge is -2.16. The van der Waals surface area contributed by atoms with Crippen molar-refractivity contribution < 1.29 is 9.59 Å². The van der Waals surface area contributed by atoms with Crippen LogP contribution in [0.15, 0.2) is 0 Å². The minimum absolute atomic E-state index is 0.0514. The Morgan fingerprint density at radius 3 is 2.47 bits per heavy atom. The smallest absolute Gasteiger partial charge is 0.233 e. The molecule has 0 bridgehead atoms. The van der Waals surface area contributed by atoms with Gasteiger partial charge in [0, 0.05) is 12.6 Å². The average Bonchev–Trinajstić information content (AvgIpc) is 2.90. The van der Waals surface area contributed by atoms with E-state index in [1.165, 1.54) is 4.90 Å². The molecule has 1 aliphatic carbocycles. The molecule has 4 nitrogen and oxygen atoms in total. The van der Waals surface area contributed by atoms with E-state index in [0.717, 1.165) is 19.4 Å². The lowest BCUT2D eigenvalue weighted by atomic mass is 10.3. The second-order valence-electron chi connectivity index (χ2n) is 4.74. The molecule has 84 valence electrons. The third-order valence-corrected chi connectivity index (χ3v) is 3.07. The van der Waals surface area contributed by atoms with Crippen molar-refractivity contribution in [2.45, 2.75) is 32.7 Å². The van der Waals surface area contributed by atoms with Crippen LogP contribution in [0.5, 0.6) is 0 Å². The maximum Gasteiger partial charge on any atom is 0.233 e. The molecule has 2 amide bonds. The highest BCUT2D eigenvalue weighted by molar-refractivity contribution is 6.08. The SMILES string of the molecule is CC(C)NCCCN1C(=O)C2CC2C1=O. The molecule has 1 N–H and O–H groups in total. The molecule has 15 heavy (non-hydrogen) atoms. The maximum atomic E-state index is 11.6. The van der Waals surface area contributed by atoms with Gasteiger partial charge in [0.05, 0.1) is 11.8 Å². The van der Waals surface area contributed by atoms with Crippen LogP contribution in [0.1, 0.15) is 26.7 Å². The lowest BCUT2D eigenvalue weighted by molar-refractivity contribution is -0.141. The Bertz CT molecular complexity index is 268. The van der Waals surface area contributed by atoms with Crippen LogP contribution in [0.2, 0.25) is 0 Å². The van der Waals surface area contributed by atoms with E-state index >= 15 is 0 Å². The van der Waals surface area contributed by atoms with Crippen molar-refractivity contribution >= 4 is 11.8 Å². The Balaban J connectivity index is 1.71. The topological polar surface area (TPSA) is 49.4 Å². The first kappa shape index (κ1) is 10.6. The summed E-state index contributed by atoms with van der Waals surface area (Å²) in [6, 6.07) is 0.461. The summed E-state index contributed by atoms with van der Waals surface area (Å²) in [6.45, 7) is 5.62. The summed E-state index contributed by atoms with van der Waals surface area (Å²) in [7, 11) is 0. The Kier molecular flexibility index (Phi) is 2.78. The van der Waals surface area contributed by atoms with Crippen molar-refractivity contribution in [1.29, 1.82) is 0 Å². The molecule has 0 radical (unpaired) electrons. The third-order valence-electron chi connectivity index (χ3n) is 3.07. The molecule has 4 heteroatoms. The number of imide groups is 1. The fraction of sp³-hybridized carbons (Fsp3) is 0.818. The number of rotatable bonds is 5. The van der Waals surface area contributed by atoms with Crippen LogP contribution in [0.3, 0.4) is 0 Å². The summed E-state index contributed by atoms with van der Waals surface area (Å²) in [6.07, 6.45) is 1.66. The number of hydrogen-bond acceptors (Lipinski definition) is 3. The Hall–Kier alpha value is -0.900. The van der Waals surface area contributed by atoms with Crippen molar-refractivity contribution in [3.63, 3.8) is 0 Å². The summed E-state index contributed by atoms with van der Waals surface area (Å²) in [4.78, 5) is 24.6. The van der Waals surface area contributed by atoms with Crippen molar-refractivity contribution in [3.05, 3.63) is 0 Å². The highest BCUT2D eigenvalue weighted by atomic mass is 16.2. The van der Waals surface area contributed by atoms with Crippen LogP contribution < -0.4 is 5.32 Å². The van der Waals surface area contributed by atoms with Gasteiger partial charge in [-0.1, -0.05) is 13.8 Å². The summed E-state index contributed by atoms with van der Waals surface area (Å²) >= 11 is 0. The molecule has 0 aromatic carbocycles. The predicted octanol–water partition coefficient (Wildman–Crippen LogP) is 0.379. The molecule has 1 heterocycles. The number of hydrogen-bond donors (Lipinski definition) is 1. The van der Waals surface area contributed by atoms with E-state index in [1.54, 1.807) is 0 Å². The third kappa shape index (κ3) is 2.04. The van der Waals surface area contributed by atoms with Crippen LogP contribution >= 0.6 is 0 Å². The van der Waals surface area contributed by atoms with Gasteiger partial charge < -0.3 is 5.32 Å². The molecule has 2 rings (SSSR count). The molecular weight excluding hydrogens is 192 g/mol. The van der Waals surface area contributed by atoms with Gasteiger partial charge in [-0.15, -0.1) is 0 Å². The predicted molar refractivity (Wildman–Crippen MR) is 56.1 cm³/mol. The van der Waals surface area contributed by atoms with E-state index < -0.39 is 0 Å². The zero-order chi connectivity index (χ0) is 11.0. The number of likely N-dealkylation sites (tertiary alicyclic amines) is 1. The number of carbonyl (C=O) groups excluding carboxylic acids is 2. The molecule has 0 aromatic heterocycles. The number of carbonyl (C=O) groups is 2. The quantitative estimate of drug-likeness (QED) is 0.527. The van der Waals surface area contributed by atoms with Gasteiger partial charge in [0.15, 0.2) is 0 Å². The zero-order valence-corrected chi connectivity index (χ0v) is 9.32. The first-order valence-corrected chi connectivity index (χ1v) is 5.70. The molecule has 0 aromatic rings. The second kappa shape index (κ2) is 3.93. The fourth-order valence-corrected chi connectivity index (χ4v) is 2.10. The van der Waals surface area contributed by atoms with Gasteiger partial charge in [-0.05, 0) is 19.4 Å². The number of amides is 2. The first-order valence-electron chi connectivity index (χ1n) is 5.70. The van der Waals surface area contributed by atoms with Crippen molar-refractivity contribution in [2.75, 3.05) is 13.1 Å². The Labute approximate surface area is 90.0 Å². The van der Waals surface area contributed by atoms with Crippen molar-refractivity contribution in [3.8, 4) is 0 Å². The van der Waals surface area contributed by atoms with Gasteiger partial charge in [0.2, 0.25) is 11.8 Å². The molecular formula is C11H18N2O2. The first-order chi connectivity index (χ1) is 7.11. The molecule has 2 atom stereocenters. The average molecular weight is 210 g/mol. The molecule has 1 saturated carbocycles. The van der Waals surface area contributed by atoms with Gasteiger partial charge >= 0.3 is 0 Å². The van der Waals surface area contributed by atoms with Crippen LogP contribution in [-0.4, -0.2) is 35.8 Å². The molecule has 0 spiro atoms. The van der Waals surface area contributed by atoms with Crippen LogP contribution in [0, 0.1) is 11.8 Å². The molecule has 1 aliphatic heterocycles. The Morgan fingerprint density at radius 1 is 1.33 bits per heavy atom. The highest BCUT2D eigenvalue weighted by Crippen LogP contribution is 2.46. The number of fused-ring (bicyclic) bond motifs is 1. The minimum atomic E-state index is 0.0514. The zero-order valence-electron chi connectivity index (χ0n) is 9.32. The Morgan fingerprint density at radius 2 is 1.93 bits per heavy atom. The fourth-order valence-electron chi connectivity index (χ4n) is 2.10. The van der Waals surface area contributed by atoms with Crippen LogP contribution in [0.25, 0.3) is 0 Å². The number of nitrogens with zero attached hydrogens (tertiary/aromatic N) is 1. The molecule has 2 unspecified atom stereocenters. The van der Waals surface area contributed by atoms with Gasteiger partial charge in [-0.25, -0.2) is 0 Å². The van der Waals surface area contributed by atoms with E-state index in [-0.39, 0.29) is 23.7 Å². The number of nitrogens with one attached hydrogen (secondary N) is 1. The molecule has 2 aliphatic rings. The molecule has 2 fully saturated rings. The van der Waals surface area contributed by atoms with Crippen LogP contribution in [-0.2, 0) is 9.59 Å². The lowest BCUT2D eigenvalue weighted by Crippen LogP contribution is -2.35. The highest BCUT2D eigenvalue weighted by Gasteiger charge is 2.58. The monoisotopic (exact) mass is 210 g/mol. The van der Waals surface area contributed by atoms with Gasteiger partial charge in [0.1, 0.15) is 0 Å². The van der Waals surface area contributed by atoms with Gasteiger partial charge in [-0.2, -0.15) is 0 Å².